The Balaban J connectivity index is 1.65. The van der Waals surface area contributed by atoms with Crippen LogP contribution < -0.4 is 0 Å². The second-order valence-corrected chi connectivity index (χ2v) is 7.03. The number of pyridine rings is 1. The summed E-state index contributed by atoms with van der Waals surface area (Å²) in [5.74, 6) is 0.938. The molecule has 1 aliphatic heterocycles. The molecule has 0 radical (unpaired) electrons. The van der Waals surface area contributed by atoms with E-state index in [9.17, 15) is 9.59 Å². The molecule has 1 aliphatic rings. The van der Waals surface area contributed by atoms with Crippen molar-refractivity contribution in [3.8, 4) is 0 Å². The molecule has 2 amide bonds. The number of likely N-dealkylation sites (N-methyl/N-ethyl adjacent to an activating group) is 1. The van der Waals surface area contributed by atoms with Crippen molar-refractivity contribution >= 4 is 23.0 Å². The van der Waals surface area contributed by atoms with Crippen molar-refractivity contribution in [3.63, 3.8) is 0 Å². The Morgan fingerprint density at radius 2 is 2.19 bits per heavy atom. The Labute approximate surface area is 159 Å². The SMILES string of the molecule is COCC(C)n1c(CCCC(=O)N2CCN(C)C(=O)C2)nc2cccnc21. The zero-order valence-electron chi connectivity index (χ0n) is 16.2. The molecule has 1 atom stereocenters. The minimum absolute atomic E-state index is 0.00384. The van der Waals surface area contributed by atoms with E-state index in [0.717, 1.165) is 17.0 Å². The minimum Gasteiger partial charge on any atom is -0.383 e. The first kappa shape index (κ1) is 19.3. The molecule has 3 rings (SSSR count). The molecule has 0 aromatic carbocycles. The van der Waals surface area contributed by atoms with Crippen molar-refractivity contribution in [3.05, 3.63) is 24.2 Å². The lowest BCUT2D eigenvalue weighted by Crippen LogP contribution is -2.50. The number of methoxy groups -OCH3 is 1. The van der Waals surface area contributed by atoms with Crippen LogP contribution >= 0.6 is 0 Å². The normalized spacial score (nSPS) is 16.2. The van der Waals surface area contributed by atoms with E-state index in [2.05, 4.69) is 16.5 Å². The van der Waals surface area contributed by atoms with Gasteiger partial charge in [0, 0.05) is 46.3 Å². The number of hydrogen-bond donors (Lipinski definition) is 0. The fraction of sp³-hybridized carbons (Fsp3) is 0.579. The lowest BCUT2D eigenvalue weighted by Gasteiger charge is -2.32. The Kier molecular flexibility index (Phi) is 6.05. The van der Waals surface area contributed by atoms with Gasteiger partial charge in [-0.2, -0.15) is 0 Å². The van der Waals surface area contributed by atoms with E-state index in [1.165, 1.54) is 0 Å². The maximum Gasteiger partial charge on any atom is 0.241 e. The summed E-state index contributed by atoms with van der Waals surface area (Å²) in [5, 5.41) is 0. The molecule has 146 valence electrons. The van der Waals surface area contributed by atoms with Gasteiger partial charge in [0.15, 0.2) is 5.65 Å². The summed E-state index contributed by atoms with van der Waals surface area (Å²) in [6.45, 7) is 4.03. The molecule has 0 saturated carbocycles. The second kappa shape index (κ2) is 8.47. The molecule has 0 N–H and O–H groups in total. The van der Waals surface area contributed by atoms with Crippen LogP contribution in [0.1, 0.15) is 31.6 Å². The largest absolute Gasteiger partial charge is 0.383 e. The van der Waals surface area contributed by atoms with Crippen LogP contribution in [0.4, 0.5) is 0 Å². The number of carbonyl (C=O) groups is 2. The van der Waals surface area contributed by atoms with E-state index in [1.807, 2.05) is 12.1 Å². The predicted molar refractivity (Wildman–Crippen MR) is 101 cm³/mol. The van der Waals surface area contributed by atoms with Gasteiger partial charge in [-0.05, 0) is 25.5 Å². The Bertz CT molecular complexity index is 819. The molecule has 2 aromatic heterocycles. The van der Waals surface area contributed by atoms with Crippen molar-refractivity contribution in [2.75, 3.05) is 40.4 Å². The van der Waals surface area contributed by atoms with Crippen LogP contribution in [0.15, 0.2) is 18.3 Å². The molecule has 3 heterocycles. The quantitative estimate of drug-likeness (QED) is 0.730. The smallest absolute Gasteiger partial charge is 0.241 e. The van der Waals surface area contributed by atoms with Gasteiger partial charge in [0.05, 0.1) is 19.2 Å². The molecule has 0 spiro atoms. The van der Waals surface area contributed by atoms with E-state index >= 15 is 0 Å². The van der Waals surface area contributed by atoms with Crippen LogP contribution in [-0.4, -0.2) is 76.5 Å². The standard InChI is InChI=1S/C19H27N5O3/c1-14(13-27-3)24-16(21-15-6-5-9-20-19(15)24)7-4-8-17(25)23-11-10-22(2)18(26)12-23/h5-6,9,14H,4,7-8,10-13H2,1-3H3. The average molecular weight is 373 g/mol. The summed E-state index contributed by atoms with van der Waals surface area (Å²) < 4.78 is 7.40. The number of nitrogens with zero attached hydrogens (tertiary/aromatic N) is 5. The van der Waals surface area contributed by atoms with Gasteiger partial charge in [-0.15, -0.1) is 0 Å². The van der Waals surface area contributed by atoms with Crippen LogP contribution in [-0.2, 0) is 20.7 Å². The first-order chi connectivity index (χ1) is 13.0. The minimum atomic E-state index is -0.00384. The van der Waals surface area contributed by atoms with Crippen molar-refractivity contribution in [2.45, 2.75) is 32.2 Å². The highest BCUT2D eigenvalue weighted by atomic mass is 16.5. The third-order valence-corrected chi connectivity index (χ3v) is 4.97. The molecular weight excluding hydrogens is 346 g/mol. The number of imidazole rings is 1. The molecule has 8 nitrogen and oxygen atoms in total. The van der Waals surface area contributed by atoms with Gasteiger partial charge in [0.1, 0.15) is 11.3 Å². The number of fused-ring (bicyclic) bond motifs is 1. The maximum atomic E-state index is 12.4. The summed E-state index contributed by atoms with van der Waals surface area (Å²) >= 11 is 0. The average Bonchev–Trinajstić information content (AvgIpc) is 3.02. The molecular formula is C19H27N5O3. The monoisotopic (exact) mass is 373 g/mol. The van der Waals surface area contributed by atoms with E-state index < -0.39 is 0 Å². The van der Waals surface area contributed by atoms with Gasteiger partial charge < -0.3 is 19.1 Å². The number of hydrogen-bond acceptors (Lipinski definition) is 5. The maximum absolute atomic E-state index is 12.4. The van der Waals surface area contributed by atoms with Gasteiger partial charge in [-0.1, -0.05) is 0 Å². The third kappa shape index (κ3) is 4.27. The number of amides is 2. The molecule has 1 saturated heterocycles. The Morgan fingerprint density at radius 3 is 2.93 bits per heavy atom. The molecule has 2 aromatic rings. The number of aryl methyl sites for hydroxylation is 1. The van der Waals surface area contributed by atoms with Crippen LogP contribution in [0.3, 0.4) is 0 Å². The van der Waals surface area contributed by atoms with Gasteiger partial charge in [-0.25, -0.2) is 9.97 Å². The van der Waals surface area contributed by atoms with Gasteiger partial charge in [0.25, 0.3) is 0 Å². The summed E-state index contributed by atoms with van der Waals surface area (Å²) in [5.41, 5.74) is 1.69. The molecule has 8 heteroatoms. The first-order valence-corrected chi connectivity index (χ1v) is 9.33. The summed E-state index contributed by atoms with van der Waals surface area (Å²) in [6, 6.07) is 3.93. The van der Waals surface area contributed by atoms with Gasteiger partial charge in [0.2, 0.25) is 11.8 Å². The van der Waals surface area contributed by atoms with Crippen LogP contribution in [0.5, 0.6) is 0 Å². The lowest BCUT2D eigenvalue weighted by molar-refractivity contribution is -0.144. The number of ether oxygens (including phenoxy) is 1. The predicted octanol–water partition coefficient (Wildman–Crippen LogP) is 1.26. The first-order valence-electron chi connectivity index (χ1n) is 9.33. The topological polar surface area (TPSA) is 80.6 Å². The summed E-state index contributed by atoms with van der Waals surface area (Å²) in [7, 11) is 3.45. The fourth-order valence-electron chi connectivity index (χ4n) is 3.46. The van der Waals surface area contributed by atoms with E-state index in [1.54, 1.807) is 30.2 Å². The van der Waals surface area contributed by atoms with Crippen molar-refractivity contribution < 1.29 is 14.3 Å². The van der Waals surface area contributed by atoms with Crippen LogP contribution in [0.2, 0.25) is 0 Å². The van der Waals surface area contributed by atoms with E-state index in [-0.39, 0.29) is 24.4 Å². The fourth-order valence-corrected chi connectivity index (χ4v) is 3.46. The second-order valence-electron chi connectivity index (χ2n) is 7.03. The molecule has 1 unspecified atom stereocenters. The number of rotatable bonds is 7. The van der Waals surface area contributed by atoms with Gasteiger partial charge >= 0.3 is 0 Å². The highest BCUT2D eigenvalue weighted by Crippen LogP contribution is 2.21. The third-order valence-electron chi connectivity index (χ3n) is 4.97. The zero-order valence-corrected chi connectivity index (χ0v) is 16.2. The highest BCUT2D eigenvalue weighted by Gasteiger charge is 2.24. The van der Waals surface area contributed by atoms with Gasteiger partial charge in [-0.3, -0.25) is 9.59 Å². The zero-order chi connectivity index (χ0) is 19.4. The van der Waals surface area contributed by atoms with Crippen molar-refractivity contribution in [2.24, 2.45) is 0 Å². The Hall–Kier alpha value is -2.48. The van der Waals surface area contributed by atoms with Crippen LogP contribution in [0.25, 0.3) is 11.2 Å². The van der Waals surface area contributed by atoms with Crippen molar-refractivity contribution in [1.29, 1.82) is 0 Å². The highest BCUT2D eigenvalue weighted by molar-refractivity contribution is 5.85. The number of carbonyl (C=O) groups excluding carboxylic acids is 2. The number of piperazine rings is 1. The number of aromatic nitrogens is 3. The Morgan fingerprint density at radius 1 is 1.37 bits per heavy atom. The van der Waals surface area contributed by atoms with Crippen LogP contribution in [0, 0.1) is 0 Å². The molecule has 0 aliphatic carbocycles. The summed E-state index contributed by atoms with van der Waals surface area (Å²) in [4.78, 5) is 36.7. The molecule has 1 fully saturated rings. The van der Waals surface area contributed by atoms with E-state index in [4.69, 9.17) is 9.72 Å². The van der Waals surface area contributed by atoms with E-state index in [0.29, 0.717) is 39.0 Å². The summed E-state index contributed by atoms with van der Waals surface area (Å²) in [6.07, 6.45) is 3.53. The molecule has 0 bridgehead atoms. The lowest BCUT2D eigenvalue weighted by atomic mass is 10.2. The molecule has 27 heavy (non-hydrogen) atoms. The van der Waals surface area contributed by atoms with Crippen molar-refractivity contribution in [1.82, 2.24) is 24.3 Å².